The number of rotatable bonds is 3. The third-order valence-electron chi connectivity index (χ3n) is 3.32. The van der Waals surface area contributed by atoms with E-state index in [1.165, 1.54) is 32.1 Å². The predicted molar refractivity (Wildman–Crippen MR) is 68.8 cm³/mol. The van der Waals surface area contributed by atoms with Crippen molar-refractivity contribution in [3.05, 3.63) is 22.4 Å². The van der Waals surface area contributed by atoms with Crippen molar-refractivity contribution >= 4 is 15.9 Å². The third-order valence-corrected chi connectivity index (χ3v) is 3.76. The molecule has 1 aromatic heterocycles. The van der Waals surface area contributed by atoms with Gasteiger partial charge in [0, 0.05) is 10.7 Å². The Morgan fingerprint density at radius 3 is 2.81 bits per heavy atom. The van der Waals surface area contributed by atoms with E-state index in [1.807, 2.05) is 12.3 Å². The van der Waals surface area contributed by atoms with Gasteiger partial charge in [0.05, 0.1) is 12.8 Å². The first kappa shape index (κ1) is 11.9. The number of nitrogens with zero attached hydrogens (tertiary/aromatic N) is 1. The Hall–Kier alpha value is -0.570. The second-order valence-electron chi connectivity index (χ2n) is 4.51. The van der Waals surface area contributed by atoms with Crippen LogP contribution in [0.3, 0.4) is 0 Å². The molecular weight excluding hydrogens is 266 g/mol. The SMILES string of the molecule is COc1cc(Br)cnc1CC1CCCCC1. The minimum absolute atomic E-state index is 0.802. The topological polar surface area (TPSA) is 22.1 Å². The van der Waals surface area contributed by atoms with Gasteiger partial charge < -0.3 is 4.74 Å². The highest BCUT2D eigenvalue weighted by atomic mass is 79.9. The lowest BCUT2D eigenvalue weighted by Crippen LogP contribution is -2.11. The summed E-state index contributed by atoms with van der Waals surface area (Å²) in [5, 5.41) is 0. The van der Waals surface area contributed by atoms with Gasteiger partial charge in [0.1, 0.15) is 5.75 Å². The molecule has 0 saturated heterocycles. The van der Waals surface area contributed by atoms with Crippen LogP contribution in [0.4, 0.5) is 0 Å². The molecule has 1 aliphatic rings. The second kappa shape index (κ2) is 5.67. The summed E-state index contributed by atoms with van der Waals surface area (Å²) in [7, 11) is 1.72. The highest BCUT2D eigenvalue weighted by Gasteiger charge is 2.16. The first-order valence-corrected chi connectivity index (χ1v) is 6.77. The van der Waals surface area contributed by atoms with Crippen molar-refractivity contribution in [1.29, 1.82) is 0 Å². The Balaban J connectivity index is 2.07. The number of methoxy groups -OCH3 is 1. The number of hydrogen-bond acceptors (Lipinski definition) is 2. The van der Waals surface area contributed by atoms with E-state index >= 15 is 0 Å². The van der Waals surface area contributed by atoms with Crippen molar-refractivity contribution in [1.82, 2.24) is 4.98 Å². The van der Waals surface area contributed by atoms with Gasteiger partial charge in [-0.05, 0) is 34.3 Å². The van der Waals surface area contributed by atoms with Gasteiger partial charge in [-0.15, -0.1) is 0 Å². The highest BCUT2D eigenvalue weighted by molar-refractivity contribution is 9.10. The van der Waals surface area contributed by atoms with E-state index < -0.39 is 0 Å². The Morgan fingerprint density at radius 2 is 2.12 bits per heavy atom. The zero-order chi connectivity index (χ0) is 11.4. The summed E-state index contributed by atoms with van der Waals surface area (Å²) in [6.45, 7) is 0. The molecule has 0 amide bonds. The molecule has 0 bridgehead atoms. The predicted octanol–water partition coefficient (Wildman–Crippen LogP) is 3.98. The normalized spacial score (nSPS) is 17.4. The van der Waals surface area contributed by atoms with E-state index in [9.17, 15) is 0 Å². The molecule has 0 radical (unpaired) electrons. The summed E-state index contributed by atoms with van der Waals surface area (Å²) in [5.41, 5.74) is 1.11. The number of pyridine rings is 1. The van der Waals surface area contributed by atoms with Gasteiger partial charge in [-0.3, -0.25) is 4.98 Å². The molecule has 0 unspecified atom stereocenters. The summed E-state index contributed by atoms with van der Waals surface area (Å²) in [5.74, 6) is 1.72. The fourth-order valence-electron chi connectivity index (χ4n) is 2.44. The van der Waals surface area contributed by atoms with Crippen LogP contribution in [0.1, 0.15) is 37.8 Å². The Kier molecular flexibility index (Phi) is 4.22. The zero-order valence-corrected chi connectivity index (χ0v) is 11.3. The molecule has 2 nitrogen and oxygen atoms in total. The van der Waals surface area contributed by atoms with Crippen LogP contribution in [-0.4, -0.2) is 12.1 Å². The molecule has 88 valence electrons. The maximum absolute atomic E-state index is 5.38. The van der Waals surface area contributed by atoms with Crippen molar-refractivity contribution < 1.29 is 4.74 Å². The Bertz CT molecular complexity index is 348. The minimum atomic E-state index is 0.802. The average Bonchev–Trinajstić information content (AvgIpc) is 2.33. The number of ether oxygens (including phenoxy) is 1. The van der Waals surface area contributed by atoms with Crippen LogP contribution in [0.2, 0.25) is 0 Å². The Morgan fingerprint density at radius 1 is 1.38 bits per heavy atom. The van der Waals surface area contributed by atoms with Crippen LogP contribution in [0.15, 0.2) is 16.7 Å². The van der Waals surface area contributed by atoms with E-state index in [2.05, 4.69) is 20.9 Å². The fourth-order valence-corrected chi connectivity index (χ4v) is 2.75. The molecule has 0 aliphatic heterocycles. The van der Waals surface area contributed by atoms with Crippen LogP contribution < -0.4 is 4.74 Å². The van der Waals surface area contributed by atoms with Gasteiger partial charge in [-0.25, -0.2) is 0 Å². The van der Waals surface area contributed by atoms with Crippen molar-refractivity contribution in [2.45, 2.75) is 38.5 Å². The van der Waals surface area contributed by atoms with Gasteiger partial charge in [0.15, 0.2) is 0 Å². The quantitative estimate of drug-likeness (QED) is 0.837. The molecule has 16 heavy (non-hydrogen) atoms. The van der Waals surface area contributed by atoms with Crippen LogP contribution in [0.25, 0.3) is 0 Å². The molecule has 0 atom stereocenters. The maximum atomic E-state index is 5.38. The lowest BCUT2D eigenvalue weighted by Gasteiger charge is -2.21. The molecule has 1 saturated carbocycles. The monoisotopic (exact) mass is 283 g/mol. The molecule has 1 heterocycles. The molecule has 0 aromatic carbocycles. The van der Waals surface area contributed by atoms with Gasteiger partial charge >= 0.3 is 0 Å². The molecule has 0 N–H and O–H groups in total. The van der Waals surface area contributed by atoms with Crippen molar-refractivity contribution in [3.8, 4) is 5.75 Å². The summed E-state index contributed by atoms with van der Waals surface area (Å²) in [6, 6.07) is 2.01. The van der Waals surface area contributed by atoms with Crippen molar-refractivity contribution in [2.24, 2.45) is 5.92 Å². The molecular formula is C13H18BrNO. The summed E-state index contributed by atoms with van der Waals surface area (Å²) in [6.07, 6.45) is 9.79. The van der Waals surface area contributed by atoms with E-state index in [0.717, 1.165) is 28.3 Å². The standard InChI is InChI=1S/C13H18BrNO/c1-16-13-8-11(14)9-15-12(13)7-10-5-3-2-4-6-10/h8-10H,2-7H2,1H3. The average molecular weight is 284 g/mol. The molecule has 1 aromatic rings. The Labute approximate surface area is 106 Å². The molecule has 0 spiro atoms. The second-order valence-corrected chi connectivity index (χ2v) is 5.43. The lowest BCUT2D eigenvalue weighted by molar-refractivity contribution is 0.344. The first-order chi connectivity index (χ1) is 7.79. The minimum Gasteiger partial charge on any atom is -0.495 e. The number of hydrogen-bond donors (Lipinski definition) is 0. The van der Waals surface area contributed by atoms with E-state index in [1.54, 1.807) is 7.11 Å². The fraction of sp³-hybridized carbons (Fsp3) is 0.615. The first-order valence-electron chi connectivity index (χ1n) is 5.98. The molecule has 1 aliphatic carbocycles. The number of aromatic nitrogens is 1. The van der Waals surface area contributed by atoms with Crippen LogP contribution in [0, 0.1) is 5.92 Å². The van der Waals surface area contributed by atoms with Crippen LogP contribution in [-0.2, 0) is 6.42 Å². The van der Waals surface area contributed by atoms with Crippen LogP contribution >= 0.6 is 15.9 Å². The molecule has 3 heteroatoms. The summed E-state index contributed by atoms with van der Waals surface area (Å²) in [4.78, 5) is 4.47. The van der Waals surface area contributed by atoms with Gasteiger partial charge in [-0.2, -0.15) is 0 Å². The van der Waals surface area contributed by atoms with Crippen molar-refractivity contribution in [3.63, 3.8) is 0 Å². The molecule has 2 rings (SSSR count). The smallest absolute Gasteiger partial charge is 0.141 e. The highest BCUT2D eigenvalue weighted by Crippen LogP contribution is 2.30. The van der Waals surface area contributed by atoms with E-state index in [-0.39, 0.29) is 0 Å². The lowest BCUT2D eigenvalue weighted by atomic mass is 9.86. The largest absolute Gasteiger partial charge is 0.495 e. The van der Waals surface area contributed by atoms with E-state index in [0.29, 0.717) is 0 Å². The maximum Gasteiger partial charge on any atom is 0.141 e. The van der Waals surface area contributed by atoms with Gasteiger partial charge in [0.25, 0.3) is 0 Å². The number of halogens is 1. The summed E-state index contributed by atoms with van der Waals surface area (Å²) < 4.78 is 6.36. The van der Waals surface area contributed by atoms with E-state index in [4.69, 9.17) is 4.74 Å². The van der Waals surface area contributed by atoms with Gasteiger partial charge in [-0.1, -0.05) is 32.1 Å². The summed E-state index contributed by atoms with van der Waals surface area (Å²) >= 11 is 3.42. The van der Waals surface area contributed by atoms with Crippen molar-refractivity contribution in [2.75, 3.05) is 7.11 Å². The zero-order valence-electron chi connectivity index (χ0n) is 9.71. The third kappa shape index (κ3) is 2.97. The van der Waals surface area contributed by atoms with Crippen LogP contribution in [0.5, 0.6) is 5.75 Å². The van der Waals surface area contributed by atoms with Gasteiger partial charge in [0.2, 0.25) is 0 Å². The molecule has 1 fully saturated rings.